The zero-order valence-corrected chi connectivity index (χ0v) is 15.7. The highest BCUT2D eigenvalue weighted by atomic mass is 32.2. The van der Waals surface area contributed by atoms with Crippen LogP contribution in [0.25, 0.3) is 0 Å². The Kier molecular flexibility index (Phi) is 5.62. The second-order valence-corrected chi connectivity index (χ2v) is 9.20. The summed E-state index contributed by atoms with van der Waals surface area (Å²) >= 11 is 0. The highest BCUT2D eigenvalue weighted by Gasteiger charge is 2.41. The van der Waals surface area contributed by atoms with Crippen LogP contribution in [0.1, 0.15) is 25.3 Å². The van der Waals surface area contributed by atoms with Crippen LogP contribution in [0.4, 0.5) is 5.69 Å². The number of likely N-dealkylation sites (tertiary alicyclic amines) is 1. The van der Waals surface area contributed by atoms with Gasteiger partial charge in [-0.1, -0.05) is 19.1 Å². The first-order chi connectivity index (χ1) is 12.4. The molecule has 7 nitrogen and oxygen atoms in total. The average molecular weight is 379 g/mol. The van der Waals surface area contributed by atoms with Crippen molar-refractivity contribution in [2.24, 2.45) is 5.92 Å². The zero-order valence-electron chi connectivity index (χ0n) is 14.9. The first kappa shape index (κ1) is 18.8. The third-order valence-electron chi connectivity index (χ3n) is 4.95. The Labute approximate surface area is 154 Å². The van der Waals surface area contributed by atoms with Crippen molar-refractivity contribution in [3.63, 3.8) is 0 Å². The monoisotopic (exact) mass is 379 g/mol. The van der Waals surface area contributed by atoms with Gasteiger partial charge in [0.15, 0.2) is 9.84 Å². The van der Waals surface area contributed by atoms with Crippen LogP contribution in [-0.4, -0.2) is 55.8 Å². The molecule has 2 atom stereocenters. The van der Waals surface area contributed by atoms with E-state index < -0.39 is 15.8 Å². The maximum Gasteiger partial charge on any atom is 0.229 e. The van der Waals surface area contributed by atoms with Gasteiger partial charge in [0.25, 0.3) is 0 Å². The number of rotatable bonds is 6. The predicted octanol–water partition coefficient (Wildman–Crippen LogP) is 0.770. The van der Waals surface area contributed by atoms with E-state index in [1.54, 1.807) is 4.90 Å². The second-order valence-electron chi connectivity index (χ2n) is 6.97. The number of benzene rings is 1. The molecule has 2 heterocycles. The topological polar surface area (TPSA) is 95.6 Å². The molecule has 3 rings (SSSR count). The van der Waals surface area contributed by atoms with Gasteiger partial charge in [-0.3, -0.25) is 9.59 Å². The summed E-state index contributed by atoms with van der Waals surface area (Å²) in [5.74, 6) is -0.630. The molecule has 0 aromatic heterocycles. The van der Waals surface area contributed by atoms with Crippen LogP contribution < -0.4 is 10.6 Å². The molecule has 2 unspecified atom stereocenters. The molecule has 0 aliphatic carbocycles. The molecule has 2 aliphatic heterocycles. The molecule has 2 N–H and O–H groups in total. The van der Waals surface area contributed by atoms with Crippen LogP contribution in [0.15, 0.2) is 24.3 Å². The van der Waals surface area contributed by atoms with Crippen molar-refractivity contribution in [3.05, 3.63) is 29.8 Å². The van der Waals surface area contributed by atoms with Crippen molar-refractivity contribution in [1.29, 1.82) is 0 Å². The molecule has 2 fully saturated rings. The average Bonchev–Trinajstić information content (AvgIpc) is 3.15. The van der Waals surface area contributed by atoms with Gasteiger partial charge in [0.05, 0.1) is 17.4 Å². The largest absolute Gasteiger partial charge is 0.338 e. The van der Waals surface area contributed by atoms with Gasteiger partial charge in [-0.2, -0.15) is 0 Å². The van der Waals surface area contributed by atoms with Gasteiger partial charge in [0.2, 0.25) is 11.8 Å². The SMILES string of the molecule is CCNCc1cccc(NC(=O)C2CC(=O)N(C3CCS(=O)(=O)C3)C2)c1. The Balaban J connectivity index is 1.60. The van der Waals surface area contributed by atoms with Crippen molar-refractivity contribution in [2.45, 2.75) is 32.4 Å². The summed E-state index contributed by atoms with van der Waals surface area (Å²) in [6, 6.07) is 7.33. The predicted molar refractivity (Wildman–Crippen MR) is 99.3 cm³/mol. The third kappa shape index (κ3) is 4.42. The fraction of sp³-hybridized carbons (Fsp3) is 0.556. The lowest BCUT2D eigenvalue weighted by molar-refractivity contribution is -0.129. The van der Waals surface area contributed by atoms with E-state index in [2.05, 4.69) is 10.6 Å². The maximum absolute atomic E-state index is 12.5. The van der Waals surface area contributed by atoms with Crippen molar-refractivity contribution in [3.8, 4) is 0 Å². The Morgan fingerprint density at radius 1 is 1.35 bits per heavy atom. The molecule has 26 heavy (non-hydrogen) atoms. The maximum atomic E-state index is 12.5. The molecule has 0 saturated carbocycles. The van der Waals surface area contributed by atoms with Crippen LogP contribution in [0.2, 0.25) is 0 Å². The van der Waals surface area contributed by atoms with E-state index in [4.69, 9.17) is 0 Å². The fourth-order valence-corrected chi connectivity index (χ4v) is 5.28. The summed E-state index contributed by atoms with van der Waals surface area (Å²) in [7, 11) is -3.06. The van der Waals surface area contributed by atoms with E-state index in [1.807, 2.05) is 31.2 Å². The van der Waals surface area contributed by atoms with E-state index in [1.165, 1.54) is 0 Å². The molecular formula is C18H25N3O4S. The van der Waals surface area contributed by atoms with Gasteiger partial charge in [-0.05, 0) is 30.7 Å². The lowest BCUT2D eigenvalue weighted by Crippen LogP contribution is -2.38. The summed E-state index contributed by atoms with van der Waals surface area (Å²) < 4.78 is 23.3. The minimum atomic E-state index is -3.06. The lowest BCUT2D eigenvalue weighted by atomic mass is 10.1. The van der Waals surface area contributed by atoms with E-state index in [9.17, 15) is 18.0 Å². The van der Waals surface area contributed by atoms with Gasteiger partial charge in [-0.15, -0.1) is 0 Å². The quantitative estimate of drug-likeness (QED) is 0.761. The number of amides is 2. The molecule has 8 heteroatoms. The van der Waals surface area contributed by atoms with E-state index in [0.29, 0.717) is 18.7 Å². The highest BCUT2D eigenvalue weighted by Crippen LogP contribution is 2.27. The van der Waals surface area contributed by atoms with Crippen molar-refractivity contribution in [2.75, 3.05) is 29.9 Å². The molecule has 142 valence electrons. The number of hydrogen-bond acceptors (Lipinski definition) is 5. The van der Waals surface area contributed by atoms with Crippen molar-refractivity contribution >= 4 is 27.3 Å². The molecular weight excluding hydrogens is 354 g/mol. The van der Waals surface area contributed by atoms with E-state index in [0.717, 1.165) is 18.7 Å². The summed E-state index contributed by atoms with van der Waals surface area (Å²) in [4.78, 5) is 26.4. The standard InChI is InChI=1S/C18H25N3O4S/c1-2-19-10-13-4-3-5-15(8-13)20-18(23)14-9-17(22)21(11-14)16-6-7-26(24,25)12-16/h3-5,8,14,16,19H,2,6-7,9-12H2,1H3,(H,20,23). The third-order valence-corrected chi connectivity index (χ3v) is 6.70. The lowest BCUT2D eigenvalue weighted by Gasteiger charge is -2.23. The molecule has 1 aromatic rings. The molecule has 2 saturated heterocycles. The van der Waals surface area contributed by atoms with Crippen LogP contribution >= 0.6 is 0 Å². The van der Waals surface area contributed by atoms with Crippen molar-refractivity contribution < 1.29 is 18.0 Å². The molecule has 2 aliphatic rings. The molecule has 2 amide bonds. The van der Waals surface area contributed by atoms with Gasteiger partial charge in [-0.25, -0.2) is 8.42 Å². The summed E-state index contributed by atoms with van der Waals surface area (Å²) in [5, 5.41) is 6.12. The summed E-state index contributed by atoms with van der Waals surface area (Å²) in [5.41, 5.74) is 1.78. The molecule has 0 radical (unpaired) electrons. The Bertz CT molecular complexity index is 793. The van der Waals surface area contributed by atoms with Gasteiger partial charge in [0.1, 0.15) is 0 Å². The number of nitrogens with zero attached hydrogens (tertiary/aromatic N) is 1. The Morgan fingerprint density at radius 2 is 2.15 bits per heavy atom. The normalized spacial score (nSPS) is 24.8. The highest BCUT2D eigenvalue weighted by molar-refractivity contribution is 7.91. The van der Waals surface area contributed by atoms with Crippen LogP contribution in [0.3, 0.4) is 0 Å². The Hall–Kier alpha value is -1.93. The van der Waals surface area contributed by atoms with Crippen LogP contribution in [0, 0.1) is 5.92 Å². The van der Waals surface area contributed by atoms with Gasteiger partial charge < -0.3 is 15.5 Å². The number of hydrogen-bond donors (Lipinski definition) is 2. The number of nitrogens with one attached hydrogen (secondary N) is 2. The van der Waals surface area contributed by atoms with Gasteiger partial charge in [0, 0.05) is 31.2 Å². The van der Waals surface area contributed by atoms with Crippen molar-refractivity contribution in [1.82, 2.24) is 10.2 Å². The zero-order chi connectivity index (χ0) is 18.7. The van der Waals surface area contributed by atoms with Crippen LogP contribution in [0.5, 0.6) is 0 Å². The van der Waals surface area contributed by atoms with E-state index >= 15 is 0 Å². The minimum absolute atomic E-state index is 0.0134. The molecule has 1 aromatic carbocycles. The van der Waals surface area contributed by atoms with Gasteiger partial charge >= 0.3 is 0 Å². The smallest absolute Gasteiger partial charge is 0.229 e. The second kappa shape index (κ2) is 7.75. The molecule has 0 bridgehead atoms. The molecule has 0 spiro atoms. The first-order valence-corrected chi connectivity index (χ1v) is 10.8. The number of carbonyl (C=O) groups is 2. The fourth-order valence-electron chi connectivity index (χ4n) is 3.55. The first-order valence-electron chi connectivity index (χ1n) is 8.98. The minimum Gasteiger partial charge on any atom is -0.338 e. The summed E-state index contributed by atoms with van der Waals surface area (Å²) in [6.07, 6.45) is 0.606. The Morgan fingerprint density at radius 3 is 2.85 bits per heavy atom. The number of sulfone groups is 1. The number of carbonyl (C=O) groups excluding carboxylic acids is 2. The summed E-state index contributed by atoms with van der Waals surface area (Å²) in [6.45, 7) is 3.92. The van der Waals surface area contributed by atoms with Crippen LogP contribution in [-0.2, 0) is 26.0 Å². The van der Waals surface area contributed by atoms with E-state index in [-0.39, 0.29) is 35.8 Å². The number of anilines is 1.